The van der Waals surface area contributed by atoms with Gasteiger partial charge in [0.1, 0.15) is 17.5 Å². The van der Waals surface area contributed by atoms with E-state index in [0.29, 0.717) is 22.5 Å². The van der Waals surface area contributed by atoms with Crippen molar-refractivity contribution in [2.75, 3.05) is 0 Å². The van der Waals surface area contributed by atoms with Gasteiger partial charge >= 0.3 is 0 Å². The molecule has 2 heterocycles. The van der Waals surface area contributed by atoms with Crippen molar-refractivity contribution in [2.24, 2.45) is 0 Å². The molecule has 1 N–H and O–H groups in total. The Bertz CT molecular complexity index is 1310. The van der Waals surface area contributed by atoms with Crippen molar-refractivity contribution >= 4 is 10.8 Å². The van der Waals surface area contributed by atoms with Crippen molar-refractivity contribution < 1.29 is 8.78 Å². The fourth-order valence-electron chi connectivity index (χ4n) is 3.46. The molecule has 0 unspecified atom stereocenters. The van der Waals surface area contributed by atoms with Gasteiger partial charge in [-0.1, -0.05) is 30.3 Å². The number of halogens is 2. The van der Waals surface area contributed by atoms with Crippen molar-refractivity contribution in [2.45, 2.75) is 0 Å². The predicted octanol–water partition coefficient (Wildman–Crippen LogP) is 6.24. The first kappa shape index (κ1) is 17.3. The molecule has 0 aliphatic carbocycles. The maximum absolute atomic E-state index is 15.2. The number of hydrogen-bond donors (Lipinski definition) is 1. The van der Waals surface area contributed by atoms with Crippen LogP contribution >= 0.6 is 0 Å². The molecule has 2 aromatic heterocycles. The third-order valence-corrected chi connectivity index (χ3v) is 4.91. The van der Waals surface area contributed by atoms with Crippen molar-refractivity contribution in [3.63, 3.8) is 0 Å². The van der Waals surface area contributed by atoms with Gasteiger partial charge in [0.2, 0.25) is 0 Å². The molecule has 0 aliphatic rings. The number of hydrogen-bond acceptors (Lipinski definition) is 2. The largest absolute Gasteiger partial charge is 0.337 e. The van der Waals surface area contributed by atoms with E-state index in [4.69, 9.17) is 0 Å². The fourth-order valence-corrected chi connectivity index (χ4v) is 3.46. The zero-order valence-corrected chi connectivity index (χ0v) is 15.2. The second-order valence-corrected chi connectivity index (χ2v) is 6.70. The summed E-state index contributed by atoms with van der Waals surface area (Å²) in [5, 5.41) is 1.36. The van der Waals surface area contributed by atoms with Gasteiger partial charge in [0.25, 0.3) is 0 Å². The van der Waals surface area contributed by atoms with Crippen LogP contribution in [0.1, 0.15) is 0 Å². The van der Waals surface area contributed by atoms with Crippen LogP contribution in [-0.4, -0.2) is 15.0 Å². The highest BCUT2D eigenvalue weighted by molar-refractivity contribution is 5.88. The minimum absolute atomic E-state index is 0.324. The fraction of sp³-hybridized carbons (Fsp3) is 0. The zero-order chi connectivity index (χ0) is 19.8. The van der Waals surface area contributed by atoms with Gasteiger partial charge in [-0.05, 0) is 47.9 Å². The molecule has 5 heteroatoms. The monoisotopic (exact) mass is 383 g/mol. The van der Waals surface area contributed by atoms with Gasteiger partial charge in [-0.2, -0.15) is 0 Å². The molecule has 0 spiro atoms. The summed E-state index contributed by atoms with van der Waals surface area (Å²) >= 11 is 0. The molecular weight excluding hydrogens is 368 g/mol. The third kappa shape index (κ3) is 3.06. The number of aromatic nitrogens is 3. The maximum atomic E-state index is 15.2. The lowest BCUT2D eigenvalue weighted by Crippen LogP contribution is -1.89. The summed E-state index contributed by atoms with van der Waals surface area (Å²) < 4.78 is 28.6. The van der Waals surface area contributed by atoms with E-state index >= 15 is 4.39 Å². The van der Waals surface area contributed by atoms with E-state index in [1.165, 1.54) is 12.1 Å². The number of nitrogens with one attached hydrogen (secondary N) is 1. The molecule has 0 atom stereocenters. The minimum atomic E-state index is -0.330. The molecule has 0 bridgehead atoms. The molecule has 0 saturated heterocycles. The molecular formula is C24H15F2N3. The Balaban J connectivity index is 1.73. The highest BCUT2D eigenvalue weighted by Crippen LogP contribution is 2.35. The first-order valence-electron chi connectivity index (χ1n) is 9.14. The quantitative estimate of drug-likeness (QED) is 0.401. The molecule has 0 radical (unpaired) electrons. The summed E-state index contributed by atoms with van der Waals surface area (Å²) in [5.74, 6) is -0.237. The van der Waals surface area contributed by atoms with E-state index in [1.807, 2.05) is 36.4 Å². The predicted molar refractivity (Wildman–Crippen MR) is 110 cm³/mol. The SMILES string of the molecule is Fc1ccc(-c2nc(-c3ccc4ccccc4c3F)[nH]c2-c2ccncc2)cc1. The molecule has 5 aromatic rings. The molecule has 0 fully saturated rings. The highest BCUT2D eigenvalue weighted by atomic mass is 19.1. The molecule has 0 saturated carbocycles. The van der Waals surface area contributed by atoms with Crippen molar-refractivity contribution in [1.82, 2.24) is 15.0 Å². The second kappa shape index (κ2) is 6.95. The number of fused-ring (bicyclic) bond motifs is 1. The summed E-state index contributed by atoms with van der Waals surface area (Å²) in [6, 6.07) is 20.7. The van der Waals surface area contributed by atoms with Crippen LogP contribution in [0.25, 0.3) is 44.7 Å². The molecule has 29 heavy (non-hydrogen) atoms. The summed E-state index contributed by atoms with van der Waals surface area (Å²) in [6.07, 6.45) is 3.36. The average molecular weight is 383 g/mol. The van der Waals surface area contributed by atoms with Crippen LogP contribution in [0.2, 0.25) is 0 Å². The van der Waals surface area contributed by atoms with Crippen LogP contribution in [0.5, 0.6) is 0 Å². The van der Waals surface area contributed by atoms with Gasteiger partial charge in [0.05, 0.1) is 17.0 Å². The van der Waals surface area contributed by atoms with Gasteiger partial charge in [0, 0.05) is 28.9 Å². The maximum Gasteiger partial charge on any atom is 0.141 e. The van der Waals surface area contributed by atoms with Gasteiger partial charge in [-0.3, -0.25) is 4.98 Å². The standard InChI is InChI=1S/C24H15F2N3/c25-18-8-5-16(6-9-18)22-23(17-11-13-27-14-12-17)29-24(28-22)20-10-7-15-3-1-2-4-19(15)21(20)26/h1-14H,(H,28,29). The van der Waals surface area contributed by atoms with Crippen LogP contribution < -0.4 is 0 Å². The third-order valence-electron chi connectivity index (χ3n) is 4.91. The first-order chi connectivity index (χ1) is 14.2. The number of nitrogens with zero attached hydrogens (tertiary/aromatic N) is 2. The lowest BCUT2D eigenvalue weighted by molar-refractivity contribution is 0.628. The number of imidazole rings is 1. The topological polar surface area (TPSA) is 41.6 Å². The Labute approximate surface area is 165 Å². The molecule has 3 aromatic carbocycles. The Morgan fingerprint density at radius 1 is 0.724 bits per heavy atom. The van der Waals surface area contributed by atoms with Crippen LogP contribution in [-0.2, 0) is 0 Å². The Kier molecular flexibility index (Phi) is 4.13. The number of H-pyrrole nitrogens is 1. The summed E-state index contributed by atoms with van der Waals surface area (Å²) in [5.41, 5.74) is 3.33. The highest BCUT2D eigenvalue weighted by Gasteiger charge is 2.18. The minimum Gasteiger partial charge on any atom is -0.337 e. The lowest BCUT2D eigenvalue weighted by Gasteiger charge is -2.04. The summed E-state index contributed by atoms with van der Waals surface area (Å²) in [4.78, 5) is 12.0. The van der Waals surface area contributed by atoms with E-state index in [-0.39, 0.29) is 11.6 Å². The number of rotatable bonds is 3. The first-order valence-corrected chi connectivity index (χ1v) is 9.14. The van der Waals surface area contributed by atoms with E-state index in [0.717, 1.165) is 22.2 Å². The number of pyridine rings is 1. The van der Waals surface area contributed by atoms with Crippen LogP contribution in [0, 0.1) is 11.6 Å². The van der Waals surface area contributed by atoms with Gasteiger partial charge < -0.3 is 4.98 Å². The zero-order valence-electron chi connectivity index (χ0n) is 15.2. The van der Waals surface area contributed by atoms with Gasteiger partial charge in [-0.25, -0.2) is 13.8 Å². The van der Waals surface area contributed by atoms with Crippen molar-refractivity contribution in [3.8, 4) is 33.9 Å². The van der Waals surface area contributed by atoms with Crippen molar-refractivity contribution in [3.05, 3.63) is 96.8 Å². The number of benzene rings is 3. The number of aromatic amines is 1. The Morgan fingerprint density at radius 2 is 1.48 bits per heavy atom. The molecule has 3 nitrogen and oxygen atoms in total. The Morgan fingerprint density at radius 3 is 2.28 bits per heavy atom. The molecule has 0 aliphatic heterocycles. The average Bonchev–Trinajstić information content (AvgIpc) is 3.20. The van der Waals surface area contributed by atoms with E-state index in [2.05, 4.69) is 15.0 Å². The van der Waals surface area contributed by atoms with Crippen LogP contribution in [0.4, 0.5) is 8.78 Å². The smallest absolute Gasteiger partial charge is 0.141 e. The van der Waals surface area contributed by atoms with Crippen LogP contribution in [0.15, 0.2) is 85.2 Å². The second-order valence-electron chi connectivity index (χ2n) is 6.70. The van der Waals surface area contributed by atoms with Crippen LogP contribution in [0.3, 0.4) is 0 Å². The summed E-state index contributed by atoms with van der Waals surface area (Å²) in [7, 11) is 0. The summed E-state index contributed by atoms with van der Waals surface area (Å²) in [6.45, 7) is 0. The van der Waals surface area contributed by atoms with E-state index in [1.54, 1.807) is 36.7 Å². The normalized spacial score (nSPS) is 11.1. The van der Waals surface area contributed by atoms with E-state index in [9.17, 15) is 4.39 Å². The van der Waals surface area contributed by atoms with Gasteiger partial charge in [-0.15, -0.1) is 0 Å². The van der Waals surface area contributed by atoms with Crippen molar-refractivity contribution in [1.29, 1.82) is 0 Å². The Hall–Kier alpha value is -3.86. The van der Waals surface area contributed by atoms with Gasteiger partial charge in [0.15, 0.2) is 0 Å². The molecule has 5 rings (SSSR count). The molecule has 140 valence electrons. The lowest BCUT2D eigenvalue weighted by atomic mass is 10.1. The van der Waals surface area contributed by atoms with E-state index < -0.39 is 0 Å². The molecule has 0 amide bonds.